The molecule has 0 N–H and O–H groups in total. The van der Waals surface area contributed by atoms with Crippen molar-refractivity contribution in [3.63, 3.8) is 0 Å². The molecule has 7 nitrogen and oxygen atoms in total. The molecule has 2 fully saturated rings. The quantitative estimate of drug-likeness (QED) is 0.462. The van der Waals surface area contributed by atoms with Crippen LogP contribution in [0.3, 0.4) is 0 Å². The average molecular weight is 343 g/mol. The Kier molecular flexibility index (Phi) is 3.43. The highest BCUT2D eigenvalue weighted by molar-refractivity contribution is 6.23. The van der Waals surface area contributed by atoms with Crippen LogP contribution in [-0.2, 0) is 23.9 Å². The number of rotatable bonds is 4. The molecule has 2 bridgehead atoms. The van der Waals surface area contributed by atoms with Crippen molar-refractivity contribution < 1.29 is 28.6 Å². The van der Waals surface area contributed by atoms with E-state index in [0.717, 1.165) is 0 Å². The summed E-state index contributed by atoms with van der Waals surface area (Å²) < 4.78 is 16.1. The van der Waals surface area contributed by atoms with E-state index >= 15 is 0 Å². The normalized spacial score (nSPS) is 32.2. The van der Waals surface area contributed by atoms with Gasteiger partial charge in [0.25, 0.3) is 0 Å². The summed E-state index contributed by atoms with van der Waals surface area (Å²) >= 11 is 0. The zero-order valence-corrected chi connectivity index (χ0v) is 13.8. The van der Waals surface area contributed by atoms with Crippen molar-refractivity contribution in [1.82, 2.24) is 0 Å². The van der Waals surface area contributed by atoms with Crippen molar-refractivity contribution in [3.05, 3.63) is 36.4 Å². The third-order valence-corrected chi connectivity index (χ3v) is 4.97. The molecule has 130 valence electrons. The molecule has 1 aromatic rings. The second kappa shape index (κ2) is 5.42. The van der Waals surface area contributed by atoms with Gasteiger partial charge in [-0.2, -0.15) is 0 Å². The highest BCUT2D eigenvalue weighted by Crippen LogP contribution is 2.52. The number of amides is 2. The summed E-state index contributed by atoms with van der Waals surface area (Å²) in [6, 6.07) is 6.80. The summed E-state index contributed by atoms with van der Waals surface area (Å²) in [6.45, 7) is 1.21. The Balaban J connectivity index is 1.69. The lowest BCUT2D eigenvalue weighted by Crippen LogP contribution is -2.44. The van der Waals surface area contributed by atoms with Crippen LogP contribution in [0.1, 0.15) is 6.92 Å². The average Bonchev–Trinajstić information content (AvgIpc) is 3.24. The molecule has 1 aromatic carbocycles. The van der Waals surface area contributed by atoms with Gasteiger partial charge >= 0.3 is 5.97 Å². The fourth-order valence-corrected chi connectivity index (χ4v) is 3.89. The maximum Gasteiger partial charge on any atom is 0.302 e. The van der Waals surface area contributed by atoms with Gasteiger partial charge in [0.1, 0.15) is 18.0 Å². The molecule has 2 saturated heterocycles. The third-order valence-electron chi connectivity index (χ3n) is 4.97. The molecule has 0 unspecified atom stereocenters. The number of hydrogen-bond donors (Lipinski definition) is 0. The first-order chi connectivity index (χ1) is 12.0. The Morgan fingerprint density at radius 2 is 2.12 bits per heavy atom. The number of imide groups is 1. The standard InChI is InChI=1S/C18H17NO6/c1-10(20)24-9-18-7-6-13(25-18)14-15(18)17(22)19(16(14)21)11-4-3-5-12(8-11)23-2/h3-8,13-15H,9H2,1-2H3/t13-,14+,15+,18+/m1/s1. The molecule has 3 aliphatic heterocycles. The van der Waals surface area contributed by atoms with Gasteiger partial charge in [-0.15, -0.1) is 0 Å². The van der Waals surface area contributed by atoms with E-state index in [-0.39, 0.29) is 18.4 Å². The van der Waals surface area contributed by atoms with Crippen LogP contribution >= 0.6 is 0 Å². The molecule has 0 radical (unpaired) electrons. The van der Waals surface area contributed by atoms with E-state index in [0.29, 0.717) is 11.4 Å². The molecule has 25 heavy (non-hydrogen) atoms. The first kappa shape index (κ1) is 15.8. The van der Waals surface area contributed by atoms with Gasteiger partial charge in [-0.25, -0.2) is 4.90 Å². The Labute approximate surface area is 144 Å². The number of carbonyl (C=O) groups excluding carboxylic acids is 3. The van der Waals surface area contributed by atoms with Gasteiger partial charge in [0.2, 0.25) is 11.8 Å². The van der Waals surface area contributed by atoms with Crippen LogP contribution in [0.4, 0.5) is 5.69 Å². The molecule has 3 aliphatic rings. The second-order valence-corrected chi connectivity index (χ2v) is 6.39. The van der Waals surface area contributed by atoms with E-state index in [2.05, 4.69) is 0 Å². The molecule has 2 amide bonds. The van der Waals surface area contributed by atoms with Gasteiger partial charge in [-0.3, -0.25) is 14.4 Å². The van der Waals surface area contributed by atoms with E-state index in [1.54, 1.807) is 36.4 Å². The van der Waals surface area contributed by atoms with Crippen molar-refractivity contribution in [2.75, 3.05) is 18.6 Å². The zero-order valence-electron chi connectivity index (χ0n) is 13.8. The van der Waals surface area contributed by atoms with E-state index in [4.69, 9.17) is 14.2 Å². The minimum absolute atomic E-state index is 0.0819. The van der Waals surface area contributed by atoms with Gasteiger partial charge in [-0.05, 0) is 18.2 Å². The molecule has 0 aromatic heterocycles. The summed E-state index contributed by atoms with van der Waals surface area (Å²) in [5.74, 6) is -1.84. The Hall–Kier alpha value is -2.67. The first-order valence-corrected chi connectivity index (χ1v) is 7.99. The maximum atomic E-state index is 13.0. The lowest BCUT2D eigenvalue weighted by Gasteiger charge is -2.28. The van der Waals surface area contributed by atoms with Crippen LogP contribution in [0.15, 0.2) is 36.4 Å². The lowest BCUT2D eigenvalue weighted by molar-refractivity contribution is -0.150. The van der Waals surface area contributed by atoms with Crippen LogP contribution in [0.5, 0.6) is 5.75 Å². The minimum atomic E-state index is -1.07. The van der Waals surface area contributed by atoms with Crippen molar-refractivity contribution >= 4 is 23.5 Å². The third kappa shape index (κ3) is 2.19. The van der Waals surface area contributed by atoms with Crippen LogP contribution in [0.2, 0.25) is 0 Å². The van der Waals surface area contributed by atoms with E-state index in [1.165, 1.54) is 18.9 Å². The number of nitrogens with zero attached hydrogens (tertiary/aromatic N) is 1. The van der Waals surface area contributed by atoms with Gasteiger partial charge in [0, 0.05) is 13.0 Å². The van der Waals surface area contributed by atoms with Gasteiger partial charge in [0.15, 0.2) is 0 Å². The largest absolute Gasteiger partial charge is 0.497 e. The van der Waals surface area contributed by atoms with E-state index in [9.17, 15) is 14.4 Å². The second-order valence-electron chi connectivity index (χ2n) is 6.39. The summed E-state index contributed by atoms with van der Waals surface area (Å²) in [5, 5.41) is 0. The number of fused-ring (bicyclic) bond motifs is 5. The molecule has 3 heterocycles. The van der Waals surface area contributed by atoms with Crippen LogP contribution in [0.25, 0.3) is 0 Å². The molecule has 4 rings (SSSR count). The molecule has 0 aliphatic carbocycles. The van der Waals surface area contributed by atoms with Gasteiger partial charge < -0.3 is 14.2 Å². The lowest BCUT2D eigenvalue weighted by atomic mass is 9.77. The Bertz CT molecular complexity index is 803. The van der Waals surface area contributed by atoms with Gasteiger partial charge in [-0.1, -0.05) is 12.1 Å². The van der Waals surface area contributed by atoms with E-state index in [1.807, 2.05) is 0 Å². The zero-order chi connectivity index (χ0) is 17.8. The molecular weight excluding hydrogens is 326 g/mol. The molecule has 0 spiro atoms. The molecular formula is C18H17NO6. The Morgan fingerprint density at radius 1 is 1.32 bits per heavy atom. The molecule has 4 atom stereocenters. The maximum absolute atomic E-state index is 13.0. The number of methoxy groups -OCH3 is 1. The predicted octanol–water partition coefficient (Wildman–Crippen LogP) is 1.07. The van der Waals surface area contributed by atoms with Crippen LogP contribution < -0.4 is 9.64 Å². The van der Waals surface area contributed by atoms with E-state index < -0.39 is 29.5 Å². The van der Waals surface area contributed by atoms with Crippen molar-refractivity contribution in [2.24, 2.45) is 11.8 Å². The number of hydrogen-bond acceptors (Lipinski definition) is 6. The predicted molar refractivity (Wildman–Crippen MR) is 85.8 cm³/mol. The van der Waals surface area contributed by atoms with Crippen LogP contribution in [-0.4, -0.2) is 43.2 Å². The monoisotopic (exact) mass is 343 g/mol. The highest BCUT2D eigenvalue weighted by Gasteiger charge is 2.68. The molecule has 7 heteroatoms. The SMILES string of the molecule is COc1cccc(N2C(=O)[C@@H]3[C@@H](C2=O)[C@@]2(COC(C)=O)C=C[C@H]3O2)c1. The molecule has 0 saturated carbocycles. The topological polar surface area (TPSA) is 82.1 Å². The van der Waals surface area contributed by atoms with Crippen LogP contribution in [0, 0.1) is 11.8 Å². The summed E-state index contributed by atoms with van der Waals surface area (Å²) in [4.78, 5) is 38.3. The van der Waals surface area contributed by atoms with Crippen molar-refractivity contribution in [2.45, 2.75) is 18.6 Å². The smallest absolute Gasteiger partial charge is 0.302 e. The van der Waals surface area contributed by atoms with Crippen molar-refractivity contribution in [3.8, 4) is 5.75 Å². The fraction of sp³-hybridized carbons (Fsp3) is 0.389. The number of ether oxygens (including phenoxy) is 3. The minimum Gasteiger partial charge on any atom is -0.497 e. The number of anilines is 1. The fourth-order valence-electron chi connectivity index (χ4n) is 3.89. The van der Waals surface area contributed by atoms with Crippen molar-refractivity contribution in [1.29, 1.82) is 0 Å². The number of carbonyl (C=O) groups is 3. The highest BCUT2D eigenvalue weighted by atomic mass is 16.6. The summed E-state index contributed by atoms with van der Waals surface area (Å²) in [7, 11) is 1.52. The number of benzene rings is 1. The number of esters is 1. The summed E-state index contributed by atoms with van der Waals surface area (Å²) in [6.07, 6.45) is 3.03. The Morgan fingerprint density at radius 3 is 2.84 bits per heavy atom. The first-order valence-electron chi connectivity index (χ1n) is 7.99. The summed E-state index contributed by atoms with van der Waals surface area (Å²) in [5.41, 5.74) is -0.604. The van der Waals surface area contributed by atoms with Gasteiger partial charge in [0.05, 0.1) is 30.7 Å².